The van der Waals surface area contributed by atoms with Crippen LogP contribution in [0.3, 0.4) is 0 Å². The van der Waals surface area contributed by atoms with Crippen molar-refractivity contribution in [2.24, 2.45) is 5.73 Å². The van der Waals surface area contributed by atoms with Crippen LogP contribution in [0.5, 0.6) is 0 Å². The Balaban J connectivity index is 2.27. The van der Waals surface area contributed by atoms with Gasteiger partial charge < -0.3 is 11.1 Å². The molecule has 8 heteroatoms. The Morgan fingerprint density at radius 3 is 2.79 bits per heavy atom. The maximum absolute atomic E-state index is 11.6. The van der Waals surface area contributed by atoms with Gasteiger partial charge in [-0.1, -0.05) is 0 Å². The van der Waals surface area contributed by atoms with Crippen LogP contribution in [0.2, 0.25) is 0 Å². The molecule has 0 fully saturated rings. The third-order valence-corrected chi connectivity index (χ3v) is 3.52. The van der Waals surface area contributed by atoms with Crippen LogP contribution in [0, 0.1) is 6.92 Å². The molecule has 0 radical (unpaired) electrons. The number of carbonyl (C=O) groups excluding carboxylic acids is 1. The zero-order valence-electron chi connectivity index (χ0n) is 11.2. The molecule has 0 aliphatic rings. The van der Waals surface area contributed by atoms with Gasteiger partial charge in [0.1, 0.15) is 9.84 Å². The third kappa shape index (κ3) is 6.35. The summed E-state index contributed by atoms with van der Waals surface area (Å²) >= 11 is 0. The highest BCUT2D eigenvalue weighted by Gasteiger charge is 2.15. The van der Waals surface area contributed by atoms with E-state index in [2.05, 4.69) is 10.4 Å². The Bertz CT molecular complexity index is 524. The van der Waals surface area contributed by atoms with Crippen molar-refractivity contribution in [3.8, 4) is 0 Å². The van der Waals surface area contributed by atoms with Gasteiger partial charge in [0.2, 0.25) is 5.91 Å². The lowest BCUT2D eigenvalue weighted by molar-refractivity contribution is -0.122. The first-order valence-electron chi connectivity index (χ1n) is 5.98. The van der Waals surface area contributed by atoms with Crippen molar-refractivity contribution in [1.82, 2.24) is 15.1 Å². The van der Waals surface area contributed by atoms with Gasteiger partial charge in [-0.05, 0) is 18.9 Å². The van der Waals surface area contributed by atoms with Crippen LogP contribution in [0.4, 0.5) is 0 Å². The highest BCUT2D eigenvalue weighted by molar-refractivity contribution is 7.90. The van der Waals surface area contributed by atoms with Crippen molar-refractivity contribution < 1.29 is 13.2 Å². The van der Waals surface area contributed by atoms with E-state index in [-0.39, 0.29) is 18.1 Å². The van der Waals surface area contributed by atoms with Gasteiger partial charge in [-0.3, -0.25) is 9.48 Å². The number of hydrogen-bond donors (Lipinski definition) is 2. The van der Waals surface area contributed by atoms with E-state index < -0.39 is 15.9 Å². The van der Waals surface area contributed by atoms with Crippen LogP contribution < -0.4 is 11.1 Å². The molecule has 1 unspecified atom stereocenters. The molecule has 0 spiro atoms. The minimum atomic E-state index is -3.09. The second-order valence-corrected chi connectivity index (χ2v) is 6.86. The summed E-state index contributed by atoms with van der Waals surface area (Å²) in [7, 11) is -3.09. The zero-order chi connectivity index (χ0) is 14.5. The monoisotopic (exact) mass is 288 g/mol. The Morgan fingerprint density at radius 2 is 2.26 bits per heavy atom. The number of carbonyl (C=O) groups is 1. The number of nitrogens with zero attached hydrogens (tertiary/aromatic N) is 2. The Kier molecular flexibility index (Phi) is 5.49. The van der Waals surface area contributed by atoms with Crippen molar-refractivity contribution >= 4 is 15.7 Å². The highest BCUT2D eigenvalue weighted by atomic mass is 32.2. The molecule has 1 rings (SSSR count). The number of sulfone groups is 1. The lowest BCUT2D eigenvalue weighted by Crippen LogP contribution is -2.42. The molecule has 7 nitrogen and oxygen atoms in total. The topological polar surface area (TPSA) is 107 Å². The fourth-order valence-electron chi connectivity index (χ4n) is 1.49. The standard InChI is InChI=1S/C11H20N4O3S/c1-9-7-14-15(8-9)5-4-13-11(16)10(12)3-6-19(2,17)18/h7-8,10H,3-6,12H2,1-2H3,(H,13,16). The van der Waals surface area contributed by atoms with Gasteiger partial charge in [-0.15, -0.1) is 0 Å². The van der Waals surface area contributed by atoms with Crippen molar-refractivity contribution in [2.75, 3.05) is 18.6 Å². The predicted octanol–water partition coefficient (Wildman–Crippen LogP) is -0.930. The molecule has 108 valence electrons. The molecule has 0 saturated heterocycles. The first-order chi connectivity index (χ1) is 8.78. The number of amides is 1. The van der Waals surface area contributed by atoms with E-state index in [9.17, 15) is 13.2 Å². The van der Waals surface area contributed by atoms with Crippen molar-refractivity contribution in [2.45, 2.75) is 25.9 Å². The molecular weight excluding hydrogens is 268 g/mol. The van der Waals surface area contributed by atoms with Crippen LogP contribution in [0.15, 0.2) is 12.4 Å². The minimum absolute atomic E-state index is 0.0834. The summed E-state index contributed by atoms with van der Waals surface area (Å²) in [6, 6.07) is -0.797. The fourth-order valence-corrected chi connectivity index (χ4v) is 2.17. The average molecular weight is 288 g/mol. The largest absolute Gasteiger partial charge is 0.353 e. The third-order valence-electron chi connectivity index (χ3n) is 2.54. The van der Waals surface area contributed by atoms with Crippen LogP contribution in [-0.2, 0) is 21.2 Å². The van der Waals surface area contributed by atoms with Crippen LogP contribution >= 0.6 is 0 Å². The smallest absolute Gasteiger partial charge is 0.237 e. The van der Waals surface area contributed by atoms with Crippen molar-refractivity contribution in [3.05, 3.63) is 18.0 Å². The van der Waals surface area contributed by atoms with E-state index in [1.807, 2.05) is 13.1 Å². The average Bonchev–Trinajstić information content (AvgIpc) is 2.71. The van der Waals surface area contributed by atoms with E-state index in [0.717, 1.165) is 11.8 Å². The molecule has 1 aromatic rings. The SMILES string of the molecule is Cc1cnn(CCNC(=O)C(N)CCS(C)(=O)=O)c1. The second kappa shape index (κ2) is 6.67. The summed E-state index contributed by atoms with van der Waals surface area (Å²) in [6.45, 7) is 2.90. The van der Waals surface area contributed by atoms with E-state index in [1.54, 1.807) is 10.9 Å². The van der Waals surface area contributed by atoms with Crippen LogP contribution in [0.25, 0.3) is 0 Å². The number of nitrogens with two attached hydrogens (primary N) is 1. The number of nitrogens with one attached hydrogen (secondary N) is 1. The molecule has 0 aromatic carbocycles. The lowest BCUT2D eigenvalue weighted by atomic mass is 10.2. The van der Waals surface area contributed by atoms with Crippen LogP contribution in [-0.4, -0.2) is 48.7 Å². The molecule has 19 heavy (non-hydrogen) atoms. The molecule has 3 N–H and O–H groups in total. The molecule has 1 amide bonds. The summed E-state index contributed by atoms with van der Waals surface area (Å²) < 4.78 is 23.6. The van der Waals surface area contributed by atoms with Gasteiger partial charge in [-0.2, -0.15) is 5.10 Å². The van der Waals surface area contributed by atoms with Crippen molar-refractivity contribution in [3.63, 3.8) is 0 Å². The van der Waals surface area contributed by atoms with E-state index in [4.69, 9.17) is 5.73 Å². The van der Waals surface area contributed by atoms with Gasteiger partial charge in [0, 0.05) is 19.0 Å². The normalized spacial score (nSPS) is 13.2. The summed E-state index contributed by atoms with van der Waals surface area (Å²) in [5, 5.41) is 6.74. The maximum atomic E-state index is 11.6. The van der Waals surface area contributed by atoms with Gasteiger partial charge in [0.25, 0.3) is 0 Å². The van der Waals surface area contributed by atoms with Crippen molar-refractivity contribution in [1.29, 1.82) is 0 Å². The quantitative estimate of drug-likeness (QED) is 0.674. The molecular formula is C11H20N4O3S. The zero-order valence-corrected chi connectivity index (χ0v) is 12.0. The summed E-state index contributed by atoms with van der Waals surface area (Å²) in [4.78, 5) is 11.6. The Labute approximate surface area is 113 Å². The number of hydrogen-bond acceptors (Lipinski definition) is 5. The molecule has 0 saturated carbocycles. The van der Waals surface area contributed by atoms with Crippen LogP contribution in [0.1, 0.15) is 12.0 Å². The fraction of sp³-hybridized carbons (Fsp3) is 0.636. The highest BCUT2D eigenvalue weighted by Crippen LogP contribution is 1.95. The first kappa shape index (κ1) is 15.6. The number of aromatic nitrogens is 2. The Morgan fingerprint density at radius 1 is 1.58 bits per heavy atom. The maximum Gasteiger partial charge on any atom is 0.237 e. The Hall–Kier alpha value is -1.41. The van der Waals surface area contributed by atoms with E-state index in [0.29, 0.717) is 13.1 Å². The molecule has 1 atom stereocenters. The van der Waals surface area contributed by atoms with E-state index in [1.165, 1.54) is 0 Å². The minimum Gasteiger partial charge on any atom is -0.353 e. The predicted molar refractivity (Wildman–Crippen MR) is 72.3 cm³/mol. The first-order valence-corrected chi connectivity index (χ1v) is 8.04. The van der Waals surface area contributed by atoms with Gasteiger partial charge >= 0.3 is 0 Å². The van der Waals surface area contributed by atoms with Gasteiger partial charge in [0.15, 0.2) is 0 Å². The van der Waals surface area contributed by atoms with E-state index >= 15 is 0 Å². The second-order valence-electron chi connectivity index (χ2n) is 4.60. The molecule has 1 heterocycles. The summed E-state index contributed by atoms with van der Waals surface area (Å²) in [5.41, 5.74) is 6.66. The summed E-state index contributed by atoms with van der Waals surface area (Å²) in [6.07, 6.45) is 4.86. The molecule has 0 bridgehead atoms. The number of rotatable bonds is 7. The summed E-state index contributed by atoms with van der Waals surface area (Å²) in [5.74, 6) is -0.424. The molecule has 0 aliphatic heterocycles. The van der Waals surface area contributed by atoms with Gasteiger partial charge in [-0.25, -0.2) is 8.42 Å². The van der Waals surface area contributed by atoms with Gasteiger partial charge in [0.05, 0.1) is 24.5 Å². The molecule has 0 aliphatic carbocycles. The number of aryl methyl sites for hydroxylation is 1. The lowest BCUT2D eigenvalue weighted by Gasteiger charge is -2.11. The molecule has 1 aromatic heterocycles.